The highest BCUT2D eigenvalue weighted by Gasteiger charge is 2.06. The molecule has 1 N–H and O–H groups in total. The molecule has 0 aliphatic heterocycles. The Balaban J connectivity index is 1.65. The highest BCUT2D eigenvalue weighted by Crippen LogP contribution is 2.29. The van der Waals surface area contributed by atoms with Crippen LogP contribution >= 0.6 is 11.6 Å². The van der Waals surface area contributed by atoms with Gasteiger partial charge in [-0.1, -0.05) is 60.1 Å². The SMILES string of the molecule is COc1cc(C=CC(=O)Nc2ccccc2Cl)ccc1OCc1ccccc1. The van der Waals surface area contributed by atoms with Crippen molar-refractivity contribution in [3.8, 4) is 11.5 Å². The maximum atomic E-state index is 12.1. The second-order valence-electron chi connectivity index (χ2n) is 5.99. The molecule has 3 aromatic carbocycles. The summed E-state index contributed by atoms with van der Waals surface area (Å²) in [7, 11) is 1.59. The van der Waals surface area contributed by atoms with Gasteiger partial charge in [0.25, 0.3) is 0 Å². The maximum absolute atomic E-state index is 12.1. The largest absolute Gasteiger partial charge is 0.493 e. The van der Waals surface area contributed by atoms with E-state index in [-0.39, 0.29) is 5.91 Å². The number of nitrogens with one attached hydrogen (secondary N) is 1. The van der Waals surface area contributed by atoms with Gasteiger partial charge in [-0.25, -0.2) is 0 Å². The van der Waals surface area contributed by atoms with Gasteiger partial charge < -0.3 is 14.8 Å². The number of amides is 1. The van der Waals surface area contributed by atoms with E-state index in [1.54, 1.807) is 25.3 Å². The van der Waals surface area contributed by atoms with Crippen LogP contribution in [0.3, 0.4) is 0 Å². The Bertz CT molecular complexity index is 971. The number of para-hydroxylation sites is 1. The lowest BCUT2D eigenvalue weighted by atomic mass is 10.2. The molecule has 0 saturated heterocycles. The Morgan fingerprint density at radius 2 is 1.75 bits per heavy atom. The van der Waals surface area contributed by atoms with Gasteiger partial charge in [-0.2, -0.15) is 0 Å². The van der Waals surface area contributed by atoms with Crippen molar-refractivity contribution in [2.45, 2.75) is 6.61 Å². The summed E-state index contributed by atoms with van der Waals surface area (Å²) in [6.07, 6.45) is 3.15. The topological polar surface area (TPSA) is 47.6 Å². The molecule has 1 amide bonds. The summed E-state index contributed by atoms with van der Waals surface area (Å²) >= 11 is 6.05. The zero-order valence-electron chi connectivity index (χ0n) is 15.4. The van der Waals surface area contributed by atoms with E-state index in [0.29, 0.717) is 28.8 Å². The molecule has 3 aromatic rings. The van der Waals surface area contributed by atoms with Crippen molar-refractivity contribution in [2.75, 3.05) is 12.4 Å². The molecule has 0 aliphatic carbocycles. The second kappa shape index (κ2) is 9.62. The van der Waals surface area contributed by atoms with Gasteiger partial charge in [-0.05, 0) is 41.5 Å². The smallest absolute Gasteiger partial charge is 0.248 e. The fraction of sp³-hybridized carbons (Fsp3) is 0.0870. The number of halogens is 1. The average molecular weight is 394 g/mol. The van der Waals surface area contributed by atoms with Gasteiger partial charge in [0.1, 0.15) is 6.61 Å². The molecule has 0 aliphatic rings. The number of hydrogen-bond donors (Lipinski definition) is 1. The lowest BCUT2D eigenvalue weighted by Gasteiger charge is -2.11. The molecule has 0 unspecified atom stereocenters. The van der Waals surface area contributed by atoms with E-state index in [1.165, 1.54) is 6.08 Å². The van der Waals surface area contributed by atoms with Gasteiger partial charge in [0.05, 0.1) is 17.8 Å². The molecule has 0 radical (unpaired) electrons. The maximum Gasteiger partial charge on any atom is 0.248 e. The first kappa shape index (κ1) is 19.5. The molecule has 5 heteroatoms. The molecule has 0 atom stereocenters. The highest BCUT2D eigenvalue weighted by molar-refractivity contribution is 6.33. The minimum atomic E-state index is -0.267. The summed E-state index contributed by atoms with van der Waals surface area (Å²) in [5.74, 6) is 0.977. The fourth-order valence-electron chi connectivity index (χ4n) is 2.55. The quantitative estimate of drug-likeness (QED) is 0.533. The first-order chi connectivity index (χ1) is 13.7. The van der Waals surface area contributed by atoms with E-state index >= 15 is 0 Å². The Hall–Kier alpha value is -3.24. The van der Waals surface area contributed by atoms with Crippen molar-refractivity contribution in [2.24, 2.45) is 0 Å². The third kappa shape index (κ3) is 5.38. The van der Waals surface area contributed by atoms with E-state index in [9.17, 15) is 4.79 Å². The second-order valence-corrected chi connectivity index (χ2v) is 6.39. The van der Waals surface area contributed by atoms with E-state index in [4.69, 9.17) is 21.1 Å². The predicted molar refractivity (Wildman–Crippen MR) is 113 cm³/mol. The Morgan fingerprint density at radius 1 is 1.00 bits per heavy atom. The third-order valence-corrected chi connectivity index (χ3v) is 4.31. The first-order valence-corrected chi connectivity index (χ1v) is 9.12. The molecule has 0 spiro atoms. The normalized spacial score (nSPS) is 10.6. The summed E-state index contributed by atoms with van der Waals surface area (Å²) in [6, 6.07) is 22.5. The third-order valence-electron chi connectivity index (χ3n) is 3.98. The summed E-state index contributed by atoms with van der Waals surface area (Å²) in [4.78, 5) is 12.1. The van der Waals surface area contributed by atoms with Crippen molar-refractivity contribution in [1.82, 2.24) is 0 Å². The number of hydrogen-bond acceptors (Lipinski definition) is 3. The minimum absolute atomic E-state index is 0.267. The molecule has 0 heterocycles. The number of methoxy groups -OCH3 is 1. The van der Waals surface area contributed by atoms with E-state index in [0.717, 1.165) is 11.1 Å². The Morgan fingerprint density at radius 3 is 2.50 bits per heavy atom. The van der Waals surface area contributed by atoms with E-state index < -0.39 is 0 Å². The summed E-state index contributed by atoms with van der Waals surface area (Å²) in [5, 5.41) is 3.24. The molecule has 0 saturated carbocycles. The van der Waals surface area contributed by atoms with Gasteiger partial charge in [0, 0.05) is 6.08 Å². The molecule has 0 aromatic heterocycles. The van der Waals surface area contributed by atoms with Crippen LogP contribution < -0.4 is 14.8 Å². The Kier molecular flexibility index (Phi) is 6.71. The average Bonchev–Trinajstić information content (AvgIpc) is 2.73. The zero-order valence-corrected chi connectivity index (χ0v) is 16.1. The van der Waals surface area contributed by atoms with Crippen LogP contribution in [-0.2, 0) is 11.4 Å². The molecular formula is C23H20ClNO3. The number of ether oxygens (including phenoxy) is 2. The van der Waals surface area contributed by atoms with Crippen LogP contribution in [0.15, 0.2) is 78.9 Å². The number of carbonyl (C=O) groups excluding carboxylic acids is 1. The van der Waals surface area contributed by atoms with Gasteiger partial charge in [0.2, 0.25) is 5.91 Å². The van der Waals surface area contributed by atoms with Crippen LogP contribution in [0, 0.1) is 0 Å². The van der Waals surface area contributed by atoms with Crippen LogP contribution in [-0.4, -0.2) is 13.0 Å². The van der Waals surface area contributed by atoms with Crippen LogP contribution in [0.5, 0.6) is 11.5 Å². The fourth-order valence-corrected chi connectivity index (χ4v) is 2.73. The summed E-state index contributed by atoms with van der Waals surface area (Å²) < 4.78 is 11.3. The lowest BCUT2D eigenvalue weighted by molar-refractivity contribution is -0.111. The van der Waals surface area contributed by atoms with Crippen molar-refractivity contribution in [3.63, 3.8) is 0 Å². The Labute approximate surface area is 169 Å². The summed E-state index contributed by atoms with van der Waals surface area (Å²) in [5.41, 5.74) is 2.46. The number of benzene rings is 3. The molecule has 0 fully saturated rings. The molecule has 0 bridgehead atoms. The highest BCUT2D eigenvalue weighted by atomic mass is 35.5. The standard InChI is InChI=1S/C23H20ClNO3/c1-27-22-15-17(11-13-21(22)28-16-18-7-3-2-4-8-18)12-14-23(26)25-20-10-6-5-9-19(20)24/h2-15H,16H2,1H3,(H,25,26). The van der Waals surface area contributed by atoms with E-state index in [1.807, 2.05) is 60.7 Å². The summed E-state index contributed by atoms with van der Waals surface area (Å²) in [6.45, 7) is 0.451. The van der Waals surface area contributed by atoms with Gasteiger partial charge in [-0.15, -0.1) is 0 Å². The van der Waals surface area contributed by atoms with Crippen LogP contribution in [0.4, 0.5) is 5.69 Å². The molecule has 4 nitrogen and oxygen atoms in total. The van der Waals surface area contributed by atoms with Crippen molar-refractivity contribution >= 4 is 29.3 Å². The number of carbonyl (C=O) groups is 1. The molecule has 28 heavy (non-hydrogen) atoms. The lowest BCUT2D eigenvalue weighted by Crippen LogP contribution is -2.07. The number of anilines is 1. The molecule has 3 rings (SSSR count). The van der Waals surface area contributed by atoms with Gasteiger partial charge in [-0.3, -0.25) is 4.79 Å². The minimum Gasteiger partial charge on any atom is -0.493 e. The zero-order chi connectivity index (χ0) is 19.8. The van der Waals surface area contributed by atoms with Crippen LogP contribution in [0.25, 0.3) is 6.08 Å². The van der Waals surface area contributed by atoms with E-state index in [2.05, 4.69) is 5.32 Å². The molecule has 142 valence electrons. The van der Waals surface area contributed by atoms with Crippen LogP contribution in [0.2, 0.25) is 5.02 Å². The first-order valence-electron chi connectivity index (χ1n) is 8.74. The van der Waals surface area contributed by atoms with Crippen molar-refractivity contribution < 1.29 is 14.3 Å². The van der Waals surface area contributed by atoms with Gasteiger partial charge in [0.15, 0.2) is 11.5 Å². The number of rotatable bonds is 7. The van der Waals surface area contributed by atoms with Crippen molar-refractivity contribution in [3.05, 3.63) is 95.0 Å². The predicted octanol–water partition coefficient (Wildman–Crippen LogP) is 5.58. The van der Waals surface area contributed by atoms with Crippen LogP contribution in [0.1, 0.15) is 11.1 Å². The molecular weight excluding hydrogens is 374 g/mol. The van der Waals surface area contributed by atoms with Crippen molar-refractivity contribution in [1.29, 1.82) is 0 Å². The van der Waals surface area contributed by atoms with Gasteiger partial charge >= 0.3 is 0 Å². The monoisotopic (exact) mass is 393 g/mol.